The van der Waals surface area contributed by atoms with E-state index < -0.39 is 0 Å². The molecule has 0 bridgehead atoms. The summed E-state index contributed by atoms with van der Waals surface area (Å²) < 4.78 is 12.9. The summed E-state index contributed by atoms with van der Waals surface area (Å²) in [4.78, 5) is 7.78. The molecular weight excluding hydrogens is 245 g/mol. The molecule has 0 atom stereocenters. The fourth-order valence-corrected chi connectivity index (χ4v) is 1.81. The summed E-state index contributed by atoms with van der Waals surface area (Å²) in [6, 6.07) is 7.27. The zero-order valence-electron chi connectivity index (χ0n) is 10.6. The molecule has 1 N–H and O–H groups in total. The van der Waals surface area contributed by atoms with E-state index in [0.717, 1.165) is 0 Å². The lowest BCUT2D eigenvalue weighted by Crippen LogP contribution is -2.02. The molecule has 1 aromatic carbocycles. The second kappa shape index (κ2) is 5.02. The number of nitrogens with zero attached hydrogens (tertiary/aromatic N) is 3. The molecule has 1 heterocycles. The molecule has 0 aliphatic rings. The number of hydrogen-bond donors (Lipinski definition) is 1. The number of aromatic nitrogens is 2. The van der Waals surface area contributed by atoms with Crippen molar-refractivity contribution < 1.29 is 9.50 Å². The zero-order valence-corrected chi connectivity index (χ0v) is 10.6. The van der Waals surface area contributed by atoms with Gasteiger partial charge in [0.1, 0.15) is 17.4 Å². The topological polar surface area (TPSA) is 69.8 Å². The molecule has 0 fully saturated rings. The predicted molar refractivity (Wildman–Crippen MR) is 67.9 cm³/mol. The van der Waals surface area contributed by atoms with E-state index in [9.17, 15) is 14.8 Å². The Balaban J connectivity index is 2.69. The van der Waals surface area contributed by atoms with Crippen molar-refractivity contribution in [1.82, 2.24) is 9.97 Å². The highest BCUT2D eigenvalue weighted by atomic mass is 19.1. The predicted octanol–water partition coefficient (Wildman–Crippen LogP) is 2.98. The van der Waals surface area contributed by atoms with Crippen molar-refractivity contribution in [3.8, 4) is 23.3 Å². The molecule has 0 saturated carbocycles. The molecule has 0 saturated heterocycles. The minimum atomic E-state index is -0.387. The first-order valence-corrected chi connectivity index (χ1v) is 5.80. The summed E-state index contributed by atoms with van der Waals surface area (Å²) in [6.45, 7) is 3.74. The van der Waals surface area contributed by atoms with Crippen LogP contribution in [-0.2, 0) is 0 Å². The first-order valence-electron chi connectivity index (χ1n) is 5.80. The first-order chi connectivity index (χ1) is 9.02. The van der Waals surface area contributed by atoms with Crippen molar-refractivity contribution >= 4 is 0 Å². The lowest BCUT2D eigenvalue weighted by Gasteiger charge is -2.11. The number of benzene rings is 1. The second-order valence-electron chi connectivity index (χ2n) is 4.41. The highest BCUT2D eigenvalue weighted by Crippen LogP contribution is 2.28. The van der Waals surface area contributed by atoms with E-state index >= 15 is 0 Å². The van der Waals surface area contributed by atoms with Gasteiger partial charge >= 0.3 is 6.01 Å². The van der Waals surface area contributed by atoms with E-state index in [-0.39, 0.29) is 17.7 Å². The first kappa shape index (κ1) is 13.0. The van der Waals surface area contributed by atoms with Crippen LogP contribution in [-0.4, -0.2) is 15.1 Å². The Kier molecular flexibility index (Phi) is 3.43. The zero-order chi connectivity index (χ0) is 14.0. The maximum Gasteiger partial charge on any atom is 0.314 e. The molecule has 2 aromatic rings. The van der Waals surface area contributed by atoms with E-state index in [1.54, 1.807) is 0 Å². The van der Waals surface area contributed by atoms with Crippen LogP contribution in [0.1, 0.15) is 31.0 Å². The molecule has 96 valence electrons. The highest BCUT2D eigenvalue weighted by molar-refractivity contribution is 5.68. The lowest BCUT2D eigenvalue weighted by molar-refractivity contribution is 0.427. The largest absolute Gasteiger partial charge is 0.479 e. The summed E-state index contributed by atoms with van der Waals surface area (Å²) in [7, 11) is 0. The van der Waals surface area contributed by atoms with Gasteiger partial charge in [0.2, 0.25) is 0 Å². The van der Waals surface area contributed by atoms with Crippen molar-refractivity contribution in [1.29, 1.82) is 5.26 Å². The smallest absolute Gasteiger partial charge is 0.314 e. The lowest BCUT2D eigenvalue weighted by atomic mass is 9.99. The SMILES string of the molecule is CC(C)c1nc(O)nc(-c2ccc(F)cc2)c1C#N. The van der Waals surface area contributed by atoms with E-state index in [1.165, 1.54) is 24.3 Å². The Labute approximate surface area is 110 Å². The fraction of sp³-hybridized carbons (Fsp3) is 0.214. The second-order valence-corrected chi connectivity index (χ2v) is 4.41. The van der Waals surface area contributed by atoms with Gasteiger partial charge in [0.05, 0.1) is 11.4 Å². The number of hydrogen-bond acceptors (Lipinski definition) is 4. The third kappa shape index (κ3) is 2.52. The molecular formula is C14H12FN3O. The Morgan fingerprint density at radius 2 is 1.84 bits per heavy atom. The van der Waals surface area contributed by atoms with Gasteiger partial charge < -0.3 is 5.11 Å². The number of aromatic hydroxyl groups is 1. The van der Waals surface area contributed by atoms with Crippen LogP contribution in [0.25, 0.3) is 11.3 Å². The minimum Gasteiger partial charge on any atom is -0.479 e. The van der Waals surface area contributed by atoms with Crippen LogP contribution < -0.4 is 0 Å². The molecule has 19 heavy (non-hydrogen) atoms. The molecule has 0 aliphatic carbocycles. The van der Waals surface area contributed by atoms with Crippen molar-refractivity contribution in [3.05, 3.63) is 41.3 Å². The average Bonchev–Trinajstić information content (AvgIpc) is 2.38. The van der Waals surface area contributed by atoms with Crippen LogP contribution in [0.3, 0.4) is 0 Å². The Morgan fingerprint density at radius 3 is 2.37 bits per heavy atom. The molecule has 0 spiro atoms. The van der Waals surface area contributed by atoms with E-state index in [4.69, 9.17) is 0 Å². The third-order valence-corrected chi connectivity index (χ3v) is 2.70. The molecule has 4 nitrogen and oxygen atoms in total. The molecule has 5 heteroatoms. The molecule has 1 aromatic heterocycles. The molecule has 0 amide bonds. The quantitative estimate of drug-likeness (QED) is 0.897. The van der Waals surface area contributed by atoms with E-state index in [2.05, 4.69) is 16.0 Å². The van der Waals surface area contributed by atoms with Crippen LogP contribution in [0.4, 0.5) is 4.39 Å². The maximum atomic E-state index is 12.9. The van der Waals surface area contributed by atoms with Crippen LogP contribution in [0.15, 0.2) is 24.3 Å². The summed E-state index contributed by atoms with van der Waals surface area (Å²) in [5.74, 6) is -0.396. The van der Waals surface area contributed by atoms with Crippen molar-refractivity contribution in [2.24, 2.45) is 0 Å². The van der Waals surface area contributed by atoms with Gasteiger partial charge in [-0.1, -0.05) is 13.8 Å². The van der Waals surface area contributed by atoms with Crippen LogP contribution in [0.2, 0.25) is 0 Å². The van der Waals surface area contributed by atoms with Gasteiger partial charge in [-0.2, -0.15) is 15.2 Å². The highest BCUT2D eigenvalue weighted by Gasteiger charge is 2.17. The number of rotatable bonds is 2. The molecule has 0 radical (unpaired) electrons. The third-order valence-electron chi connectivity index (χ3n) is 2.70. The Bertz CT molecular complexity index is 645. The Hall–Kier alpha value is -2.48. The van der Waals surface area contributed by atoms with Gasteiger partial charge in [-0.3, -0.25) is 0 Å². The molecule has 2 rings (SSSR count). The van der Waals surface area contributed by atoms with Crippen LogP contribution in [0, 0.1) is 17.1 Å². The normalized spacial score (nSPS) is 10.5. The maximum absolute atomic E-state index is 12.9. The standard InChI is InChI=1S/C14H12FN3O/c1-8(2)12-11(7-16)13(18-14(19)17-12)9-3-5-10(15)6-4-9/h3-6,8H,1-2H3,(H,17,18,19). The van der Waals surface area contributed by atoms with Gasteiger partial charge in [0.15, 0.2) is 0 Å². The van der Waals surface area contributed by atoms with Gasteiger partial charge in [-0.05, 0) is 30.2 Å². The average molecular weight is 257 g/mol. The van der Waals surface area contributed by atoms with Gasteiger partial charge in [0.25, 0.3) is 0 Å². The van der Waals surface area contributed by atoms with Crippen molar-refractivity contribution in [2.75, 3.05) is 0 Å². The summed E-state index contributed by atoms with van der Waals surface area (Å²) >= 11 is 0. The van der Waals surface area contributed by atoms with Gasteiger partial charge in [0, 0.05) is 5.56 Å². The fourth-order valence-electron chi connectivity index (χ4n) is 1.81. The minimum absolute atomic E-state index is 0.0252. The van der Waals surface area contributed by atoms with Crippen molar-refractivity contribution in [3.63, 3.8) is 0 Å². The van der Waals surface area contributed by atoms with Crippen LogP contribution in [0.5, 0.6) is 6.01 Å². The molecule has 0 unspecified atom stereocenters. The van der Waals surface area contributed by atoms with Crippen LogP contribution >= 0.6 is 0 Å². The monoisotopic (exact) mass is 257 g/mol. The summed E-state index contributed by atoms with van der Waals surface area (Å²) in [6.07, 6.45) is 0. The van der Waals surface area contributed by atoms with Gasteiger partial charge in [-0.15, -0.1) is 0 Å². The van der Waals surface area contributed by atoms with Crippen molar-refractivity contribution in [2.45, 2.75) is 19.8 Å². The van der Waals surface area contributed by atoms with E-state index in [1.807, 2.05) is 13.8 Å². The Morgan fingerprint density at radius 1 is 1.21 bits per heavy atom. The van der Waals surface area contributed by atoms with E-state index in [0.29, 0.717) is 22.5 Å². The molecule has 0 aliphatic heterocycles. The summed E-state index contributed by atoms with van der Waals surface area (Å²) in [5, 5.41) is 18.8. The van der Waals surface area contributed by atoms with Gasteiger partial charge in [-0.25, -0.2) is 4.39 Å². The number of halogens is 1. The summed E-state index contributed by atoms with van der Waals surface area (Å²) in [5.41, 5.74) is 1.67. The number of nitriles is 1.